The first-order valence-electron chi connectivity index (χ1n) is 8.48. The molecule has 0 spiro atoms. The molecule has 104 valence electrons. The van der Waals surface area contributed by atoms with E-state index in [1.54, 1.807) is 16.7 Å². The van der Waals surface area contributed by atoms with E-state index in [1.165, 1.54) is 64.2 Å². The topological polar surface area (TPSA) is 0 Å². The summed E-state index contributed by atoms with van der Waals surface area (Å²) in [5.41, 5.74) is 4.95. The van der Waals surface area contributed by atoms with E-state index in [9.17, 15) is 0 Å². The quantitative estimate of drug-likeness (QED) is 0.656. The molecule has 1 saturated carbocycles. The fraction of sp³-hybridized carbons (Fsp3) is 0.684. The van der Waals surface area contributed by atoms with Gasteiger partial charge in [0.05, 0.1) is 0 Å². The molecule has 0 N–H and O–H groups in total. The lowest BCUT2D eigenvalue weighted by molar-refractivity contribution is 0.308. The molecule has 1 fully saturated rings. The molecule has 0 unspecified atom stereocenters. The van der Waals surface area contributed by atoms with Gasteiger partial charge in [-0.1, -0.05) is 38.0 Å². The lowest BCUT2D eigenvalue weighted by Gasteiger charge is -2.29. The Balaban J connectivity index is 1.66. The predicted octanol–water partition coefficient (Wildman–Crippen LogP) is 5.64. The van der Waals surface area contributed by atoms with Crippen LogP contribution in [0.15, 0.2) is 18.2 Å². The average molecular weight is 256 g/mol. The molecule has 0 amide bonds. The zero-order valence-electron chi connectivity index (χ0n) is 12.5. The van der Waals surface area contributed by atoms with Crippen LogP contribution >= 0.6 is 0 Å². The van der Waals surface area contributed by atoms with Crippen LogP contribution in [-0.2, 0) is 12.8 Å². The smallest absolute Gasteiger partial charge is 0.0162 e. The Bertz CT molecular complexity index is 410. The van der Waals surface area contributed by atoms with E-state index in [-0.39, 0.29) is 0 Å². The predicted molar refractivity (Wildman–Crippen MR) is 82.7 cm³/mol. The van der Waals surface area contributed by atoms with Gasteiger partial charge in [-0.25, -0.2) is 0 Å². The maximum Gasteiger partial charge on any atom is -0.0162 e. The first-order valence-corrected chi connectivity index (χ1v) is 8.48. The number of hydrogen-bond acceptors (Lipinski definition) is 0. The highest BCUT2D eigenvalue weighted by atomic mass is 14.3. The first kappa shape index (κ1) is 13.2. The molecule has 0 atom stereocenters. The minimum absolute atomic E-state index is 0.861. The number of rotatable bonds is 3. The van der Waals surface area contributed by atoms with Gasteiger partial charge in [-0.15, -0.1) is 0 Å². The summed E-state index contributed by atoms with van der Waals surface area (Å²) in [6, 6.07) is 7.43. The highest BCUT2D eigenvalue weighted by Gasteiger charge is 2.22. The molecule has 1 aromatic rings. The van der Waals surface area contributed by atoms with Crippen molar-refractivity contribution in [2.24, 2.45) is 5.92 Å². The van der Waals surface area contributed by atoms with E-state index >= 15 is 0 Å². The summed E-state index contributed by atoms with van der Waals surface area (Å²) >= 11 is 0. The van der Waals surface area contributed by atoms with Crippen LogP contribution in [0.1, 0.15) is 80.9 Å². The van der Waals surface area contributed by atoms with Crippen molar-refractivity contribution in [1.29, 1.82) is 0 Å². The second-order valence-corrected chi connectivity index (χ2v) is 6.74. The van der Waals surface area contributed by atoms with Gasteiger partial charge in [-0.3, -0.25) is 0 Å². The van der Waals surface area contributed by atoms with Crippen molar-refractivity contribution < 1.29 is 0 Å². The first-order chi connectivity index (χ1) is 9.36. The van der Waals surface area contributed by atoms with Gasteiger partial charge in [0.15, 0.2) is 0 Å². The van der Waals surface area contributed by atoms with Gasteiger partial charge < -0.3 is 0 Å². The maximum absolute atomic E-state index is 2.55. The molecule has 19 heavy (non-hydrogen) atoms. The zero-order valence-corrected chi connectivity index (χ0v) is 12.5. The third-order valence-electron chi connectivity index (χ3n) is 5.39. The van der Waals surface area contributed by atoms with E-state index in [4.69, 9.17) is 0 Å². The Hall–Kier alpha value is -0.780. The van der Waals surface area contributed by atoms with Crippen LogP contribution in [0.5, 0.6) is 0 Å². The second kappa shape index (κ2) is 6.11. The fourth-order valence-electron chi connectivity index (χ4n) is 4.20. The van der Waals surface area contributed by atoms with Crippen molar-refractivity contribution in [3.8, 4) is 0 Å². The number of aryl methyl sites for hydroxylation is 2. The molecule has 0 aliphatic heterocycles. The van der Waals surface area contributed by atoms with Crippen LogP contribution in [0.4, 0.5) is 0 Å². The summed E-state index contributed by atoms with van der Waals surface area (Å²) in [6.45, 7) is 2.33. The Morgan fingerprint density at radius 1 is 0.947 bits per heavy atom. The van der Waals surface area contributed by atoms with Crippen LogP contribution in [0, 0.1) is 5.92 Å². The zero-order chi connectivity index (χ0) is 13.1. The molecule has 0 aromatic heterocycles. The summed E-state index contributed by atoms with van der Waals surface area (Å²) in [5, 5.41) is 0. The van der Waals surface area contributed by atoms with Gasteiger partial charge in [0.2, 0.25) is 0 Å². The van der Waals surface area contributed by atoms with Crippen molar-refractivity contribution in [3.63, 3.8) is 0 Å². The lowest BCUT2D eigenvalue weighted by atomic mass is 9.76. The molecule has 2 aliphatic rings. The molecular formula is C19H28. The summed E-state index contributed by atoms with van der Waals surface area (Å²) in [4.78, 5) is 0. The van der Waals surface area contributed by atoms with Gasteiger partial charge in [-0.05, 0) is 79.9 Å². The van der Waals surface area contributed by atoms with Gasteiger partial charge in [0.25, 0.3) is 0 Å². The molecule has 0 radical (unpaired) electrons. The SMILES string of the molecule is CCCC1CCC(c2ccc3c(c2)CCCC3)CC1. The fourth-order valence-corrected chi connectivity index (χ4v) is 4.20. The Morgan fingerprint density at radius 3 is 2.42 bits per heavy atom. The van der Waals surface area contributed by atoms with Crippen LogP contribution in [-0.4, -0.2) is 0 Å². The molecule has 3 rings (SSSR count). The Labute approximate surface area is 118 Å². The van der Waals surface area contributed by atoms with Gasteiger partial charge in [0, 0.05) is 0 Å². The summed E-state index contributed by atoms with van der Waals surface area (Å²) in [7, 11) is 0. The second-order valence-electron chi connectivity index (χ2n) is 6.74. The maximum atomic E-state index is 2.55. The molecule has 0 saturated heterocycles. The number of hydrogen-bond donors (Lipinski definition) is 0. The third-order valence-corrected chi connectivity index (χ3v) is 5.39. The van der Waals surface area contributed by atoms with Crippen molar-refractivity contribution in [2.75, 3.05) is 0 Å². The summed E-state index contributed by atoms with van der Waals surface area (Å²) in [5.74, 6) is 1.89. The van der Waals surface area contributed by atoms with Gasteiger partial charge in [-0.2, -0.15) is 0 Å². The highest BCUT2D eigenvalue weighted by molar-refractivity contribution is 5.35. The molecular weight excluding hydrogens is 228 g/mol. The largest absolute Gasteiger partial charge is 0.0654 e. The molecule has 0 nitrogen and oxygen atoms in total. The molecule has 0 bridgehead atoms. The van der Waals surface area contributed by atoms with Crippen LogP contribution in [0.2, 0.25) is 0 Å². The minimum Gasteiger partial charge on any atom is -0.0654 e. The van der Waals surface area contributed by atoms with Crippen LogP contribution in [0.25, 0.3) is 0 Å². The molecule has 0 heteroatoms. The van der Waals surface area contributed by atoms with E-state index in [1.807, 2.05) is 0 Å². The van der Waals surface area contributed by atoms with Gasteiger partial charge >= 0.3 is 0 Å². The molecule has 1 aromatic carbocycles. The Kier molecular flexibility index (Phi) is 4.25. The minimum atomic E-state index is 0.861. The average Bonchev–Trinajstić information content (AvgIpc) is 2.48. The van der Waals surface area contributed by atoms with E-state index in [2.05, 4.69) is 25.1 Å². The Morgan fingerprint density at radius 2 is 1.68 bits per heavy atom. The standard InChI is InChI=1S/C19H28/c1-2-5-15-8-10-17(11-9-15)19-13-12-16-6-3-4-7-18(16)14-19/h12-15,17H,2-11H2,1H3. The normalized spacial score (nSPS) is 27.0. The van der Waals surface area contributed by atoms with E-state index in [0.717, 1.165) is 11.8 Å². The lowest BCUT2D eigenvalue weighted by Crippen LogP contribution is -2.14. The van der Waals surface area contributed by atoms with E-state index < -0.39 is 0 Å². The highest BCUT2D eigenvalue weighted by Crippen LogP contribution is 2.38. The van der Waals surface area contributed by atoms with Crippen molar-refractivity contribution in [1.82, 2.24) is 0 Å². The third kappa shape index (κ3) is 3.04. The number of fused-ring (bicyclic) bond motifs is 1. The monoisotopic (exact) mass is 256 g/mol. The van der Waals surface area contributed by atoms with Crippen molar-refractivity contribution in [3.05, 3.63) is 34.9 Å². The van der Waals surface area contributed by atoms with Crippen LogP contribution < -0.4 is 0 Å². The van der Waals surface area contributed by atoms with E-state index in [0.29, 0.717) is 0 Å². The van der Waals surface area contributed by atoms with Crippen molar-refractivity contribution in [2.45, 2.75) is 77.0 Å². The number of benzene rings is 1. The summed E-state index contributed by atoms with van der Waals surface area (Å²) < 4.78 is 0. The van der Waals surface area contributed by atoms with Gasteiger partial charge in [0.1, 0.15) is 0 Å². The van der Waals surface area contributed by atoms with Crippen molar-refractivity contribution >= 4 is 0 Å². The molecule has 0 heterocycles. The van der Waals surface area contributed by atoms with Crippen LogP contribution in [0.3, 0.4) is 0 Å². The summed E-state index contributed by atoms with van der Waals surface area (Å²) in [6.07, 6.45) is 14.1. The molecule has 2 aliphatic carbocycles.